The zero-order chi connectivity index (χ0) is 14.7. The Morgan fingerprint density at radius 2 is 2.15 bits per heavy atom. The summed E-state index contributed by atoms with van der Waals surface area (Å²) in [5, 5.41) is 9.26. The summed E-state index contributed by atoms with van der Waals surface area (Å²) in [4.78, 5) is 16.3. The highest BCUT2D eigenvalue weighted by Crippen LogP contribution is 2.35. The maximum absolute atomic E-state index is 12.5. The first-order valence-electron chi connectivity index (χ1n) is 6.93. The molecule has 1 amide bonds. The van der Waals surface area contributed by atoms with Crippen molar-refractivity contribution < 1.29 is 14.6 Å². The minimum atomic E-state index is -0.412. The summed E-state index contributed by atoms with van der Waals surface area (Å²) in [7, 11) is 3.96. The van der Waals surface area contributed by atoms with E-state index < -0.39 is 6.10 Å². The molecule has 110 valence electrons. The fraction of sp³-hybridized carbons (Fsp3) is 0.533. The Morgan fingerprint density at radius 3 is 2.75 bits per heavy atom. The van der Waals surface area contributed by atoms with Crippen LogP contribution in [0.3, 0.4) is 0 Å². The highest BCUT2D eigenvalue weighted by atomic mass is 16.5. The van der Waals surface area contributed by atoms with Crippen LogP contribution in [-0.2, 0) is 11.4 Å². The Balaban J connectivity index is 2.34. The van der Waals surface area contributed by atoms with Gasteiger partial charge in [-0.3, -0.25) is 4.79 Å². The number of hydrogen-bond donors (Lipinski definition) is 1. The van der Waals surface area contributed by atoms with Crippen molar-refractivity contribution in [2.45, 2.75) is 26.1 Å². The van der Waals surface area contributed by atoms with Crippen molar-refractivity contribution in [2.75, 3.05) is 32.1 Å². The molecule has 1 aliphatic heterocycles. The van der Waals surface area contributed by atoms with Gasteiger partial charge in [0.1, 0.15) is 5.75 Å². The Hall–Kier alpha value is -1.59. The highest BCUT2D eigenvalue weighted by Gasteiger charge is 2.33. The largest absolute Gasteiger partial charge is 0.478 e. The number of hydrogen-bond acceptors (Lipinski definition) is 4. The monoisotopic (exact) mass is 278 g/mol. The van der Waals surface area contributed by atoms with E-state index in [4.69, 9.17) is 4.74 Å². The van der Waals surface area contributed by atoms with Crippen molar-refractivity contribution in [3.05, 3.63) is 23.8 Å². The number of anilines is 1. The lowest BCUT2D eigenvalue weighted by Crippen LogP contribution is -2.47. The van der Waals surface area contributed by atoms with Crippen LogP contribution in [0, 0.1) is 0 Å². The molecule has 5 heteroatoms. The number of amides is 1. The molecule has 2 rings (SSSR count). The van der Waals surface area contributed by atoms with Gasteiger partial charge in [0, 0.05) is 13.1 Å². The number of nitrogens with zero attached hydrogens (tertiary/aromatic N) is 2. The predicted octanol–water partition coefficient (Wildman–Crippen LogP) is 1.24. The van der Waals surface area contributed by atoms with Crippen molar-refractivity contribution in [3.63, 3.8) is 0 Å². The number of rotatable bonds is 5. The van der Waals surface area contributed by atoms with Crippen LogP contribution in [0.15, 0.2) is 18.2 Å². The second-order valence-corrected chi connectivity index (χ2v) is 5.27. The van der Waals surface area contributed by atoms with Gasteiger partial charge in [0.2, 0.25) is 0 Å². The van der Waals surface area contributed by atoms with E-state index in [1.165, 1.54) is 0 Å². The Bertz CT molecular complexity index is 488. The maximum Gasteiger partial charge on any atom is 0.268 e. The molecule has 0 saturated carbocycles. The zero-order valence-electron chi connectivity index (χ0n) is 12.3. The fourth-order valence-corrected chi connectivity index (χ4v) is 2.26. The molecule has 0 aliphatic carbocycles. The van der Waals surface area contributed by atoms with Crippen molar-refractivity contribution in [2.24, 2.45) is 0 Å². The van der Waals surface area contributed by atoms with Crippen LogP contribution in [0.2, 0.25) is 0 Å². The van der Waals surface area contributed by atoms with E-state index in [0.717, 1.165) is 17.8 Å². The third-order valence-corrected chi connectivity index (χ3v) is 3.45. The number of ether oxygens (including phenoxy) is 1. The predicted molar refractivity (Wildman–Crippen MR) is 78.0 cm³/mol. The highest BCUT2D eigenvalue weighted by molar-refractivity contribution is 6.00. The Kier molecular flexibility index (Phi) is 4.62. The van der Waals surface area contributed by atoms with Crippen LogP contribution in [0.25, 0.3) is 0 Å². The van der Waals surface area contributed by atoms with E-state index >= 15 is 0 Å². The van der Waals surface area contributed by atoms with Gasteiger partial charge in [-0.25, -0.2) is 0 Å². The molecule has 1 atom stereocenters. The van der Waals surface area contributed by atoms with Crippen LogP contribution in [0.5, 0.6) is 5.75 Å². The number of fused-ring (bicyclic) bond motifs is 1. The molecule has 1 heterocycles. The molecule has 0 spiro atoms. The SMILES string of the molecule is CCC1Oc2ccc(CO)cc2N(CCN(C)C)C1=O. The number of aliphatic hydroxyl groups is 1. The fourth-order valence-electron chi connectivity index (χ4n) is 2.26. The van der Waals surface area contributed by atoms with Crippen molar-refractivity contribution in [1.29, 1.82) is 0 Å². The van der Waals surface area contributed by atoms with E-state index in [1.54, 1.807) is 4.90 Å². The molecule has 20 heavy (non-hydrogen) atoms. The average Bonchev–Trinajstić information content (AvgIpc) is 2.44. The summed E-state index contributed by atoms with van der Waals surface area (Å²) in [6.45, 7) is 3.30. The second kappa shape index (κ2) is 6.24. The van der Waals surface area contributed by atoms with Gasteiger partial charge >= 0.3 is 0 Å². The molecule has 5 nitrogen and oxygen atoms in total. The molecule has 0 aromatic heterocycles. The van der Waals surface area contributed by atoms with Crippen molar-refractivity contribution in [1.82, 2.24) is 4.90 Å². The van der Waals surface area contributed by atoms with Crippen LogP contribution in [0.4, 0.5) is 5.69 Å². The first-order valence-corrected chi connectivity index (χ1v) is 6.93. The summed E-state index contributed by atoms with van der Waals surface area (Å²) in [5.74, 6) is 0.712. The molecule has 1 N–H and O–H groups in total. The second-order valence-electron chi connectivity index (χ2n) is 5.27. The molecule has 0 radical (unpaired) electrons. The zero-order valence-corrected chi connectivity index (χ0v) is 12.3. The van der Waals surface area contributed by atoms with Crippen LogP contribution < -0.4 is 9.64 Å². The maximum atomic E-state index is 12.5. The summed E-state index contributed by atoms with van der Waals surface area (Å²) in [6, 6.07) is 5.49. The Labute approximate surface area is 119 Å². The summed E-state index contributed by atoms with van der Waals surface area (Å²) < 4.78 is 5.74. The number of aliphatic hydroxyl groups excluding tert-OH is 1. The lowest BCUT2D eigenvalue weighted by Gasteiger charge is -2.35. The van der Waals surface area contributed by atoms with Gasteiger partial charge < -0.3 is 19.6 Å². The third kappa shape index (κ3) is 2.94. The van der Waals surface area contributed by atoms with E-state index in [2.05, 4.69) is 0 Å². The standard InChI is InChI=1S/C15H22N2O3/c1-4-13-15(19)17(8-7-16(2)3)12-9-11(10-18)5-6-14(12)20-13/h5-6,9,13,18H,4,7-8,10H2,1-3H3. The van der Waals surface area contributed by atoms with Gasteiger partial charge in [0.05, 0.1) is 12.3 Å². The number of benzene rings is 1. The van der Waals surface area contributed by atoms with E-state index in [1.807, 2.05) is 44.1 Å². The molecule has 1 unspecified atom stereocenters. The summed E-state index contributed by atoms with van der Waals surface area (Å²) >= 11 is 0. The van der Waals surface area contributed by atoms with E-state index in [-0.39, 0.29) is 12.5 Å². The normalized spacial score (nSPS) is 18.1. The summed E-state index contributed by atoms with van der Waals surface area (Å²) in [6.07, 6.45) is 0.239. The molecule has 1 aliphatic rings. The Morgan fingerprint density at radius 1 is 1.40 bits per heavy atom. The first-order chi connectivity index (χ1) is 9.56. The average molecular weight is 278 g/mol. The van der Waals surface area contributed by atoms with Gasteiger partial charge in [0.15, 0.2) is 6.10 Å². The van der Waals surface area contributed by atoms with Crippen molar-refractivity contribution >= 4 is 11.6 Å². The number of likely N-dealkylation sites (N-methyl/N-ethyl adjacent to an activating group) is 1. The molecule has 1 aromatic rings. The first kappa shape index (κ1) is 14.8. The summed E-state index contributed by atoms with van der Waals surface area (Å²) in [5.41, 5.74) is 1.54. The van der Waals surface area contributed by atoms with Crippen LogP contribution in [0.1, 0.15) is 18.9 Å². The minimum absolute atomic E-state index is 0.00283. The lowest BCUT2D eigenvalue weighted by atomic mass is 10.1. The van der Waals surface area contributed by atoms with Gasteiger partial charge in [0.25, 0.3) is 5.91 Å². The van der Waals surface area contributed by atoms with E-state index in [9.17, 15) is 9.90 Å². The molecular formula is C15H22N2O3. The van der Waals surface area contributed by atoms with E-state index in [0.29, 0.717) is 18.7 Å². The topological polar surface area (TPSA) is 53.0 Å². The van der Waals surface area contributed by atoms with Gasteiger partial charge in [-0.2, -0.15) is 0 Å². The van der Waals surface area contributed by atoms with Gasteiger partial charge in [-0.15, -0.1) is 0 Å². The third-order valence-electron chi connectivity index (χ3n) is 3.45. The van der Waals surface area contributed by atoms with Gasteiger partial charge in [-0.1, -0.05) is 13.0 Å². The van der Waals surface area contributed by atoms with Crippen LogP contribution in [-0.4, -0.2) is 49.2 Å². The number of carbonyl (C=O) groups excluding carboxylic acids is 1. The van der Waals surface area contributed by atoms with Gasteiger partial charge in [-0.05, 0) is 38.2 Å². The number of carbonyl (C=O) groups is 1. The van der Waals surface area contributed by atoms with Crippen LogP contribution >= 0.6 is 0 Å². The molecule has 0 bridgehead atoms. The van der Waals surface area contributed by atoms with Crippen molar-refractivity contribution in [3.8, 4) is 5.75 Å². The smallest absolute Gasteiger partial charge is 0.268 e. The minimum Gasteiger partial charge on any atom is -0.478 e. The molecular weight excluding hydrogens is 256 g/mol. The molecule has 0 fully saturated rings. The lowest BCUT2D eigenvalue weighted by molar-refractivity contribution is -0.126. The quantitative estimate of drug-likeness (QED) is 0.880. The molecule has 0 saturated heterocycles. The molecule has 1 aromatic carbocycles.